The van der Waals surface area contributed by atoms with Gasteiger partial charge in [0.05, 0.1) is 21.8 Å². The molecular formula is C12H13BrCl2N2S. The van der Waals surface area contributed by atoms with E-state index in [0.29, 0.717) is 27.0 Å². The van der Waals surface area contributed by atoms with E-state index < -0.39 is 0 Å². The summed E-state index contributed by atoms with van der Waals surface area (Å²) in [4.78, 5) is 4.57. The second kappa shape index (κ2) is 6.04. The highest BCUT2D eigenvalue weighted by Gasteiger charge is 2.20. The van der Waals surface area contributed by atoms with Gasteiger partial charge in [-0.1, -0.05) is 57.8 Å². The molecule has 0 spiro atoms. The van der Waals surface area contributed by atoms with Crippen LogP contribution in [-0.4, -0.2) is 16.5 Å². The number of amidine groups is 1. The molecule has 2 unspecified atom stereocenters. The van der Waals surface area contributed by atoms with Gasteiger partial charge in [-0.25, -0.2) is 0 Å². The van der Waals surface area contributed by atoms with Gasteiger partial charge in [0.1, 0.15) is 0 Å². The normalized spacial score (nSPS) is 23.7. The number of halogens is 3. The Balaban J connectivity index is 2.24. The lowest BCUT2D eigenvalue weighted by Gasteiger charge is -2.23. The van der Waals surface area contributed by atoms with Crippen LogP contribution in [0.1, 0.15) is 20.3 Å². The molecule has 0 amide bonds. The summed E-state index contributed by atoms with van der Waals surface area (Å²) in [5.74, 6) is 0. The van der Waals surface area contributed by atoms with Crippen molar-refractivity contribution in [3.05, 3.63) is 26.7 Å². The molecular weight excluding hydrogens is 355 g/mol. The zero-order chi connectivity index (χ0) is 13.3. The van der Waals surface area contributed by atoms with Gasteiger partial charge in [0.25, 0.3) is 0 Å². The minimum atomic E-state index is 0.330. The highest BCUT2D eigenvalue weighted by atomic mass is 79.9. The monoisotopic (exact) mass is 366 g/mol. The van der Waals surface area contributed by atoms with E-state index in [2.05, 4.69) is 40.1 Å². The van der Waals surface area contributed by atoms with Crippen LogP contribution >= 0.6 is 50.9 Å². The fraction of sp³-hybridized carbons (Fsp3) is 0.417. The molecule has 2 rings (SSSR count). The zero-order valence-electron chi connectivity index (χ0n) is 10.0. The molecule has 2 atom stereocenters. The van der Waals surface area contributed by atoms with Crippen LogP contribution < -0.4 is 5.32 Å². The molecule has 6 heteroatoms. The summed E-state index contributed by atoms with van der Waals surface area (Å²) in [5, 5.41) is 5.84. The van der Waals surface area contributed by atoms with Crippen LogP contribution in [0.3, 0.4) is 0 Å². The topological polar surface area (TPSA) is 24.4 Å². The maximum atomic E-state index is 6.19. The molecule has 98 valence electrons. The van der Waals surface area contributed by atoms with Crippen molar-refractivity contribution < 1.29 is 0 Å². The number of anilines is 1. The molecule has 1 heterocycles. The molecule has 0 aromatic heterocycles. The molecule has 18 heavy (non-hydrogen) atoms. The van der Waals surface area contributed by atoms with Crippen LogP contribution in [0.4, 0.5) is 5.69 Å². The summed E-state index contributed by atoms with van der Waals surface area (Å²) in [6, 6.07) is 3.96. The van der Waals surface area contributed by atoms with E-state index in [1.807, 2.05) is 12.1 Å². The minimum absolute atomic E-state index is 0.330. The summed E-state index contributed by atoms with van der Waals surface area (Å²) < 4.78 is 0.864. The number of hydrogen-bond donors (Lipinski definition) is 1. The van der Waals surface area contributed by atoms with Crippen molar-refractivity contribution in [3.8, 4) is 0 Å². The molecule has 0 bridgehead atoms. The molecule has 0 radical (unpaired) electrons. The molecule has 0 aliphatic carbocycles. The van der Waals surface area contributed by atoms with Crippen LogP contribution in [-0.2, 0) is 0 Å². The van der Waals surface area contributed by atoms with Crippen LogP contribution in [0.5, 0.6) is 0 Å². The van der Waals surface area contributed by atoms with E-state index in [0.717, 1.165) is 16.1 Å². The first-order chi connectivity index (χ1) is 8.45. The Morgan fingerprint density at radius 3 is 2.50 bits per heavy atom. The van der Waals surface area contributed by atoms with Crippen molar-refractivity contribution in [2.75, 3.05) is 5.32 Å². The number of rotatable bonds is 1. The lowest BCUT2D eigenvalue weighted by atomic mass is 10.2. The molecule has 1 N–H and O–H groups in total. The number of hydrogen-bond acceptors (Lipinski definition) is 3. The third-order valence-electron chi connectivity index (χ3n) is 2.56. The third-order valence-corrected chi connectivity index (χ3v) is 4.64. The van der Waals surface area contributed by atoms with E-state index in [4.69, 9.17) is 23.2 Å². The Labute approximate surface area is 130 Å². The van der Waals surface area contributed by atoms with E-state index in [1.54, 1.807) is 11.8 Å². The Kier molecular flexibility index (Phi) is 4.86. The predicted molar refractivity (Wildman–Crippen MR) is 86.4 cm³/mol. The van der Waals surface area contributed by atoms with Gasteiger partial charge in [0.2, 0.25) is 0 Å². The highest BCUT2D eigenvalue weighted by Crippen LogP contribution is 2.35. The first-order valence-corrected chi connectivity index (χ1v) is 8.04. The van der Waals surface area contributed by atoms with Gasteiger partial charge in [-0.05, 0) is 25.5 Å². The summed E-state index contributed by atoms with van der Waals surface area (Å²) in [6.45, 7) is 4.31. The predicted octanol–water partition coefficient (Wildman–Crippen LogP) is 5.44. The van der Waals surface area contributed by atoms with Gasteiger partial charge < -0.3 is 5.32 Å². The van der Waals surface area contributed by atoms with Crippen LogP contribution in [0, 0.1) is 0 Å². The smallest absolute Gasteiger partial charge is 0.161 e. The van der Waals surface area contributed by atoms with E-state index in [9.17, 15) is 0 Å². The average Bonchev–Trinajstić information content (AvgIpc) is 2.22. The van der Waals surface area contributed by atoms with E-state index >= 15 is 0 Å². The van der Waals surface area contributed by atoms with Crippen molar-refractivity contribution in [1.29, 1.82) is 0 Å². The van der Waals surface area contributed by atoms with Crippen LogP contribution in [0.15, 0.2) is 21.6 Å². The van der Waals surface area contributed by atoms with Gasteiger partial charge in [-0.3, -0.25) is 4.99 Å². The van der Waals surface area contributed by atoms with E-state index in [-0.39, 0.29) is 0 Å². The van der Waals surface area contributed by atoms with Crippen molar-refractivity contribution >= 4 is 61.7 Å². The van der Waals surface area contributed by atoms with Gasteiger partial charge >= 0.3 is 0 Å². The summed E-state index contributed by atoms with van der Waals surface area (Å²) in [5.41, 5.74) is 0.717. The van der Waals surface area contributed by atoms with Crippen molar-refractivity contribution in [2.45, 2.75) is 31.6 Å². The van der Waals surface area contributed by atoms with Gasteiger partial charge in [0, 0.05) is 9.72 Å². The number of thioether (sulfide) groups is 1. The first-order valence-electron chi connectivity index (χ1n) is 5.61. The van der Waals surface area contributed by atoms with E-state index in [1.165, 1.54) is 0 Å². The maximum Gasteiger partial charge on any atom is 0.161 e. The SMILES string of the molecule is CC1CC(C)SC(Nc2c(Cl)cc(Br)cc2Cl)=N1. The molecule has 0 saturated heterocycles. The quantitative estimate of drug-likeness (QED) is 0.714. The largest absolute Gasteiger partial charge is 0.333 e. The Hall–Kier alpha value is 0.1000. The lowest BCUT2D eigenvalue weighted by Crippen LogP contribution is -2.22. The molecule has 1 aromatic rings. The number of benzene rings is 1. The standard InChI is InChI=1S/C12H13BrCl2N2S/c1-6-3-7(2)18-12(16-6)17-11-9(14)4-8(13)5-10(11)15/h4-7H,3H2,1-2H3,(H,16,17). The zero-order valence-corrected chi connectivity index (χ0v) is 13.9. The molecule has 2 nitrogen and oxygen atoms in total. The molecule has 1 aromatic carbocycles. The third kappa shape index (κ3) is 3.56. The van der Waals surface area contributed by atoms with Crippen molar-refractivity contribution in [2.24, 2.45) is 4.99 Å². The number of aliphatic imine (C=N–C) groups is 1. The second-order valence-corrected chi connectivity index (χ2v) is 7.47. The molecule has 0 fully saturated rings. The summed E-state index contributed by atoms with van der Waals surface area (Å²) in [7, 11) is 0. The summed E-state index contributed by atoms with van der Waals surface area (Å²) in [6.07, 6.45) is 1.09. The summed E-state index contributed by atoms with van der Waals surface area (Å²) >= 11 is 17.4. The molecule has 1 aliphatic rings. The Bertz CT molecular complexity index is 470. The number of nitrogens with zero attached hydrogens (tertiary/aromatic N) is 1. The fourth-order valence-corrected chi connectivity index (χ4v) is 4.29. The van der Waals surface area contributed by atoms with Gasteiger partial charge in [0.15, 0.2) is 5.17 Å². The first kappa shape index (κ1) is 14.5. The second-order valence-electron chi connectivity index (χ2n) is 4.32. The van der Waals surface area contributed by atoms with Crippen LogP contribution in [0.2, 0.25) is 10.0 Å². The van der Waals surface area contributed by atoms with Crippen LogP contribution in [0.25, 0.3) is 0 Å². The molecule has 1 aliphatic heterocycles. The average molecular weight is 368 g/mol. The minimum Gasteiger partial charge on any atom is -0.333 e. The van der Waals surface area contributed by atoms with Gasteiger partial charge in [-0.2, -0.15) is 0 Å². The van der Waals surface area contributed by atoms with Crippen molar-refractivity contribution in [1.82, 2.24) is 0 Å². The molecule has 0 saturated carbocycles. The Morgan fingerprint density at radius 2 is 1.94 bits per heavy atom. The lowest BCUT2D eigenvalue weighted by molar-refractivity contribution is 0.661. The van der Waals surface area contributed by atoms with Gasteiger partial charge in [-0.15, -0.1) is 0 Å². The number of nitrogens with one attached hydrogen (secondary N) is 1. The van der Waals surface area contributed by atoms with Crippen molar-refractivity contribution in [3.63, 3.8) is 0 Å². The maximum absolute atomic E-state index is 6.19. The fourth-order valence-electron chi connectivity index (χ4n) is 1.83. The Morgan fingerprint density at radius 1 is 1.33 bits per heavy atom. The highest BCUT2D eigenvalue weighted by molar-refractivity contribution is 9.10.